The van der Waals surface area contributed by atoms with E-state index in [1.807, 2.05) is 0 Å². The minimum atomic E-state index is -0.566. The van der Waals surface area contributed by atoms with Gasteiger partial charge < -0.3 is 14.9 Å². The summed E-state index contributed by atoms with van der Waals surface area (Å²) in [6, 6.07) is 9.87. The summed E-state index contributed by atoms with van der Waals surface area (Å²) in [5.41, 5.74) is 9.38. The Balaban J connectivity index is 1.60. The van der Waals surface area contributed by atoms with E-state index in [0.717, 1.165) is 5.56 Å². The lowest BCUT2D eigenvalue weighted by molar-refractivity contribution is 0.0701. The van der Waals surface area contributed by atoms with Gasteiger partial charge in [0, 0.05) is 0 Å². The molecule has 0 aliphatic carbocycles. The smallest absolute Gasteiger partial charge is 0.379 e. The minimum Gasteiger partial charge on any atom is -0.457 e. The predicted molar refractivity (Wildman–Crippen MR) is 92.8 cm³/mol. The number of carbonyl (C=O) groups is 1. The number of halogens is 1. The number of rotatable bonds is 5. The number of hydrazone groups is 1. The van der Waals surface area contributed by atoms with E-state index >= 15 is 0 Å². The SMILES string of the molecule is Nc1c(Cl)ncnc1NN=Cc1ccc(OC(=O)c2ccco2)cc1. The number of anilines is 2. The molecule has 0 aliphatic rings. The molecule has 0 unspecified atom stereocenters. The summed E-state index contributed by atoms with van der Waals surface area (Å²) in [6.07, 6.45) is 4.23. The fourth-order valence-corrected chi connectivity index (χ4v) is 1.94. The number of aromatic nitrogens is 2. The first-order valence-corrected chi connectivity index (χ1v) is 7.42. The Morgan fingerprint density at radius 1 is 1.28 bits per heavy atom. The minimum absolute atomic E-state index is 0.135. The highest BCUT2D eigenvalue weighted by atomic mass is 35.5. The molecule has 126 valence electrons. The average molecular weight is 358 g/mol. The van der Waals surface area contributed by atoms with Gasteiger partial charge in [0.1, 0.15) is 17.8 Å². The topological polar surface area (TPSA) is 116 Å². The van der Waals surface area contributed by atoms with Gasteiger partial charge in [-0.3, -0.25) is 5.43 Å². The Bertz CT molecular complexity index is 895. The van der Waals surface area contributed by atoms with Gasteiger partial charge in [-0.25, -0.2) is 14.8 Å². The Morgan fingerprint density at radius 3 is 2.80 bits per heavy atom. The fraction of sp³-hybridized carbons (Fsp3) is 0. The van der Waals surface area contributed by atoms with Crippen LogP contribution in [0.1, 0.15) is 16.1 Å². The van der Waals surface area contributed by atoms with E-state index in [-0.39, 0.29) is 16.6 Å². The summed E-state index contributed by atoms with van der Waals surface area (Å²) in [6.45, 7) is 0. The van der Waals surface area contributed by atoms with E-state index in [9.17, 15) is 4.79 Å². The summed E-state index contributed by atoms with van der Waals surface area (Å²) in [5.74, 6) is 0.263. The number of ether oxygens (including phenoxy) is 1. The van der Waals surface area contributed by atoms with E-state index in [1.54, 1.807) is 36.5 Å². The molecule has 0 atom stereocenters. The quantitative estimate of drug-likeness (QED) is 0.237. The molecule has 0 aliphatic heterocycles. The van der Waals surface area contributed by atoms with Crippen LogP contribution in [0.3, 0.4) is 0 Å². The lowest BCUT2D eigenvalue weighted by atomic mass is 10.2. The van der Waals surface area contributed by atoms with Gasteiger partial charge in [-0.2, -0.15) is 5.10 Å². The Kier molecular flexibility index (Phi) is 4.91. The fourth-order valence-electron chi connectivity index (χ4n) is 1.81. The Hall–Kier alpha value is -3.39. The number of benzene rings is 1. The highest BCUT2D eigenvalue weighted by Crippen LogP contribution is 2.21. The highest BCUT2D eigenvalue weighted by molar-refractivity contribution is 6.32. The highest BCUT2D eigenvalue weighted by Gasteiger charge is 2.10. The van der Waals surface area contributed by atoms with Gasteiger partial charge in [-0.1, -0.05) is 11.6 Å². The zero-order valence-electron chi connectivity index (χ0n) is 12.7. The number of carbonyl (C=O) groups excluding carboxylic acids is 1. The number of nitrogen functional groups attached to an aromatic ring is 1. The van der Waals surface area contributed by atoms with Gasteiger partial charge in [0.25, 0.3) is 0 Å². The standard InChI is InChI=1S/C16H12ClN5O3/c17-14-13(18)15(20-9-19-14)22-21-8-10-3-5-11(6-4-10)25-16(23)12-2-1-7-24-12/h1-9H,18H2,(H,19,20,22). The van der Waals surface area contributed by atoms with Crippen molar-refractivity contribution in [2.24, 2.45) is 5.10 Å². The van der Waals surface area contributed by atoms with Gasteiger partial charge >= 0.3 is 5.97 Å². The Labute approximate surface area is 147 Å². The molecule has 0 radical (unpaired) electrons. The zero-order chi connectivity index (χ0) is 17.6. The van der Waals surface area contributed by atoms with Crippen LogP contribution >= 0.6 is 11.6 Å². The summed E-state index contributed by atoms with van der Waals surface area (Å²) >= 11 is 5.79. The molecule has 0 bridgehead atoms. The second-order valence-electron chi connectivity index (χ2n) is 4.73. The van der Waals surface area contributed by atoms with Crippen LogP contribution in [0.4, 0.5) is 11.5 Å². The van der Waals surface area contributed by atoms with Crippen molar-refractivity contribution in [2.75, 3.05) is 11.2 Å². The summed E-state index contributed by atoms with van der Waals surface area (Å²) in [7, 11) is 0. The molecule has 2 heterocycles. The number of hydrogen-bond donors (Lipinski definition) is 2. The van der Waals surface area contributed by atoms with Gasteiger partial charge in [0.05, 0.1) is 12.5 Å². The monoisotopic (exact) mass is 357 g/mol. The Morgan fingerprint density at radius 2 is 2.08 bits per heavy atom. The van der Waals surface area contributed by atoms with Gasteiger partial charge in [0.2, 0.25) is 5.76 Å². The first kappa shape index (κ1) is 16.5. The molecule has 0 saturated heterocycles. The number of nitrogens with zero attached hydrogens (tertiary/aromatic N) is 3. The second kappa shape index (κ2) is 7.45. The number of nitrogens with two attached hydrogens (primary N) is 1. The zero-order valence-corrected chi connectivity index (χ0v) is 13.5. The molecule has 2 aromatic heterocycles. The van der Waals surface area contributed by atoms with Gasteiger partial charge in [-0.15, -0.1) is 0 Å². The summed E-state index contributed by atoms with van der Waals surface area (Å²) in [5, 5.41) is 4.17. The van der Waals surface area contributed by atoms with E-state index in [2.05, 4.69) is 20.5 Å². The average Bonchev–Trinajstić information content (AvgIpc) is 3.15. The maximum absolute atomic E-state index is 11.8. The predicted octanol–water partition coefficient (Wildman–Crippen LogP) is 2.97. The lowest BCUT2D eigenvalue weighted by Gasteiger charge is -2.04. The van der Waals surface area contributed by atoms with Crippen LogP contribution < -0.4 is 15.9 Å². The first-order chi connectivity index (χ1) is 12.1. The van der Waals surface area contributed by atoms with Crippen LogP contribution in [0, 0.1) is 0 Å². The third kappa shape index (κ3) is 4.12. The van der Waals surface area contributed by atoms with E-state index in [4.69, 9.17) is 26.5 Å². The maximum atomic E-state index is 11.8. The molecule has 0 saturated carbocycles. The number of furan rings is 1. The van der Waals surface area contributed by atoms with Crippen molar-refractivity contribution in [3.05, 3.63) is 65.5 Å². The normalized spacial score (nSPS) is 10.8. The molecule has 0 spiro atoms. The largest absolute Gasteiger partial charge is 0.457 e. The molecule has 0 fully saturated rings. The van der Waals surface area contributed by atoms with Crippen LogP contribution in [0.15, 0.2) is 58.5 Å². The van der Waals surface area contributed by atoms with E-state index < -0.39 is 5.97 Å². The van der Waals surface area contributed by atoms with Crippen LogP contribution in [0.5, 0.6) is 5.75 Å². The number of nitrogens with one attached hydrogen (secondary N) is 1. The van der Waals surface area contributed by atoms with Crippen molar-refractivity contribution in [1.82, 2.24) is 9.97 Å². The number of esters is 1. The van der Waals surface area contributed by atoms with Crippen molar-refractivity contribution in [1.29, 1.82) is 0 Å². The van der Waals surface area contributed by atoms with E-state index in [1.165, 1.54) is 18.7 Å². The maximum Gasteiger partial charge on any atom is 0.379 e. The molecule has 25 heavy (non-hydrogen) atoms. The van der Waals surface area contributed by atoms with Crippen molar-refractivity contribution in [3.8, 4) is 5.75 Å². The molecule has 8 nitrogen and oxygen atoms in total. The molecule has 1 aromatic carbocycles. The summed E-state index contributed by atoms with van der Waals surface area (Å²) in [4.78, 5) is 19.4. The second-order valence-corrected chi connectivity index (χ2v) is 5.09. The molecule has 3 rings (SSSR count). The van der Waals surface area contributed by atoms with E-state index in [0.29, 0.717) is 11.6 Å². The third-order valence-electron chi connectivity index (χ3n) is 3.03. The lowest BCUT2D eigenvalue weighted by Crippen LogP contribution is -2.07. The van der Waals surface area contributed by atoms with Crippen molar-refractivity contribution in [2.45, 2.75) is 0 Å². The van der Waals surface area contributed by atoms with Crippen LogP contribution in [-0.4, -0.2) is 22.2 Å². The van der Waals surface area contributed by atoms with Crippen LogP contribution in [0.25, 0.3) is 0 Å². The molecular weight excluding hydrogens is 346 g/mol. The molecule has 9 heteroatoms. The summed E-state index contributed by atoms with van der Waals surface area (Å²) < 4.78 is 10.1. The number of hydrogen-bond acceptors (Lipinski definition) is 8. The first-order valence-electron chi connectivity index (χ1n) is 7.04. The van der Waals surface area contributed by atoms with Crippen molar-refractivity contribution in [3.63, 3.8) is 0 Å². The van der Waals surface area contributed by atoms with Crippen LogP contribution in [-0.2, 0) is 0 Å². The van der Waals surface area contributed by atoms with Crippen molar-refractivity contribution >= 4 is 35.3 Å². The molecule has 3 aromatic rings. The third-order valence-corrected chi connectivity index (χ3v) is 3.33. The van der Waals surface area contributed by atoms with Gasteiger partial charge in [0.15, 0.2) is 11.0 Å². The van der Waals surface area contributed by atoms with Crippen LogP contribution in [0.2, 0.25) is 5.15 Å². The van der Waals surface area contributed by atoms with Gasteiger partial charge in [-0.05, 0) is 42.0 Å². The molecule has 0 amide bonds. The molecular formula is C16H12ClN5O3. The van der Waals surface area contributed by atoms with Crippen molar-refractivity contribution < 1.29 is 13.9 Å². The molecule has 3 N–H and O–H groups in total.